The van der Waals surface area contributed by atoms with Gasteiger partial charge in [-0.15, -0.1) is 0 Å². The summed E-state index contributed by atoms with van der Waals surface area (Å²) in [6.45, 7) is 5.20. The van der Waals surface area contributed by atoms with Gasteiger partial charge in [0.1, 0.15) is 5.82 Å². The second kappa shape index (κ2) is 4.80. The standard InChI is InChI=1S/C13H16ClN3/c1-8(2)7-17-13-10-3-4-11(14)12(15)9(10)5-6-16-13/h3-6,8H,7,15H2,1-2H3,(H,16,17). The highest BCUT2D eigenvalue weighted by molar-refractivity contribution is 6.34. The molecule has 0 aliphatic carbocycles. The molecule has 0 unspecified atom stereocenters. The van der Waals surface area contributed by atoms with E-state index in [1.165, 1.54) is 0 Å². The molecule has 0 spiro atoms. The van der Waals surface area contributed by atoms with Crippen LogP contribution >= 0.6 is 11.6 Å². The van der Waals surface area contributed by atoms with Crippen LogP contribution in [0.3, 0.4) is 0 Å². The van der Waals surface area contributed by atoms with Crippen molar-refractivity contribution in [3.05, 3.63) is 29.4 Å². The highest BCUT2D eigenvalue weighted by atomic mass is 35.5. The lowest BCUT2D eigenvalue weighted by atomic mass is 10.1. The molecule has 0 aliphatic rings. The van der Waals surface area contributed by atoms with Crippen LogP contribution in [0.4, 0.5) is 11.5 Å². The largest absolute Gasteiger partial charge is 0.397 e. The summed E-state index contributed by atoms with van der Waals surface area (Å²) in [4.78, 5) is 4.34. The number of hydrogen-bond donors (Lipinski definition) is 2. The number of aromatic nitrogens is 1. The zero-order chi connectivity index (χ0) is 12.4. The van der Waals surface area contributed by atoms with E-state index in [1.54, 1.807) is 6.20 Å². The van der Waals surface area contributed by atoms with Crippen LogP contribution in [0.15, 0.2) is 24.4 Å². The highest BCUT2D eigenvalue weighted by Crippen LogP contribution is 2.31. The van der Waals surface area contributed by atoms with Gasteiger partial charge in [-0.3, -0.25) is 0 Å². The van der Waals surface area contributed by atoms with Crippen molar-refractivity contribution in [1.82, 2.24) is 4.98 Å². The predicted molar refractivity (Wildman–Crippen MR) is 74.5 cm³/mol. The molecule has 0 saturated carbocycles. The summed E-state index contributed by atoms with van der Waals surface area (Å²) in [6, 6.07) is 5.64. The van der Waals surface area contributed by atoms with Crippen LogP contribution in [-0.4, -0.2) is 11.5 Å². The molecule has 0 amide bonds. The number of anilines is 2. The molecule has 0 aliphatic heterocycles. The Labute approximate surface area is 106 Å². The van der Waals surface area contributed by atoms with Crippen LogP contribution in [0.1, 0.15) is 13.8 Å². The lowest BCUT2D eigenvalue weighted by Gasteiger charge is -2.12. The summed E-state index contributed by atoms with van der Waals surface area (Å²) < 4.78 is 0. The third-order valence-electron chi connectivity index (χ3n) is 2.61. The fourth-order valence-corrected chi connectivity index (χ4v) is 1.86. The molecule has 2 aromatic rings. The molecule has 1 heterocycles. The number of pyridine rings is 1. The third kappa shape index (κ3) is 2.44. The number of rotatable bonds is 3. The Morgan fingerprint density at radius 2 is 2.06 bits per heavy atom. The minimum absolute atomic E-state index is 0.566. The summed E-state index contributed by atoms with van der Waals surface area (Å²) in [5.41, 5.74) is 6.57. The smallest absolute Gasteiger partial charge is 0.133 e. The molecule has 1 aromatic carbocycles. The maximum atomic E-state index is 6.00. The molecule has 0 fully saturated rings. The van der Waals surface area contributed by atoms with Crippen molar-refractivity contribution in [3.8, 4) is 0 Å². The van der Waals surface area contributed by atoms with Crippen LogP contribution in [-0.2, 0) is 0 Å². The average molecular weight is 250 g/mol. The fourth-order valence-electron chi connectivity index (χ4n) is 1.69. The minimum atomic E-state index is 0.566. The topological polar surface area (TPSA) is 50.9 Å². The lowest BCUT2D eigenvalue weighted by Crippen LogP contribution is -2.09. The van der Waals surface area contributed by atoms with Crippen LogP contribution in [0.25, 0.3) is 10.8 Å². The first-order valence-corrected chi connectivity index (χ1v) is 6.04. The van der Waals surface area contributed by atoms with Gasteiger partial charge in [-0.1, -0.05) is 25.4 Å². The van der Waals surface area contributed by atoms with Crippen molar-refractivity contribution in [2.45, 2.75) is 13.8 Å². The molecule has 1 aromatic heterocycles. The summed E-state index contributed by atoms with van der Waals surface area (Å²) in [6.07, 6.45) is 1.75. The number of nitrogens with one attached hydrogen (secondary N) is 1. The van der Waals surface area contributed by atoms with Crippen LogP contribution in [0, 0.1) is 5.92 Å². The van der Waals surface area contributed by atoms with E-state index in [0.29, 0.717) is 16.6 Å². The van der Waals surface area contributed by atoms with Gasteiger partial charge in [0.15, 0.2) is 0 Å². The van der Waals surface area contributed by atoms with Gasteiger partial charge in [0.05, 0.1) is 10.7 Å². The van der Waals surface area contributed by atoms with Crippen molar-refractivity contribution in [2.24, 2.45) is 5.92 Å². The Bertz CT molecular complexity index is 537. The molecule has 0 bridgehead atoms. The second-order valence-electron chi connectivity index (χ2n) is 4.49. The minimum Gasteiger partial charge on any atom is -0.397 e. The number of fused-ring (bicyclic) bond motifs is 1. The number of nitrogens with zero attached hydrogens (tertiary/aromatic N) is 1. The van der Waals surface area contributed by atoms with Gasteiger partial charge >= 0.3 is 0 Å². The first kappa shape index (κ1) is 12.0. The van der Waals surface area contributed by atoms with Gasteiger partial charge in [0.25, 0.3) is 0 Å². The predicted octanol–water partition coefficient (Wildman–Crippen LogP) is 3.54. The zero-order valence-corrected chi connectivity index (χ0v) is 10.8. The van der Waals surface area contributed by atoms with E-state index in [0.717, 1.165) is 23.1 Å². The van der Waals surface area contributed by atoms with E-state index in [-0.39, 0.29) is 0 Å². The van der Waals surface area contributed by atoms with Crippen LogP contribution < -0.4 is 11.1 Å². The molecule has 3 nitrogen and oxygen atoms in total. The summed E-state index contributed by atoms with van der Waals surface area (Å²) >= 11 is 6.00. The molecule has 2 rings (SSSR count). The summed E-state index contributed by atoms with van der Waals surface area (Å²) in [7, 11) is 0. The Morgan fingerprint density at radius 3 is 2.76 bits per heavy atom. The van der Waals surface area contributed by atoms with Crippen molar-refractivity contribution in [3.63, 3.8) is 0 Å². The van der Waals surface area contributed by atoms with Crippen molar-refractivity contribution >= 4 is 33.9 Å². The van der Waals surface area contributed by atoms with E-state index in [4.69, 9.17) is 17.3 Å². The summed E-state index contributed by atoms with van der Waals surface area (Å²) in [5, 5.41) is 5.86. The fraction of sp³-hybridized carbons (Fsp3) is 0.308. The Kier molecular flexibility index (Phi) is 3.38. The van der Waals surface area contributed by atoms with E-state index in [9.17, 15) is 0 Å². The Balaban J connectivity index is 2.47. The maximum Gasteiger partial charge on any atom is 0.133 e. The monoisotopic (exact) mass is 249 g/mol. The average Bonchev–Trinajstić information content (AvgIpc) is 2.31. The van der Waals surface area contributed by atoms with E-state index >= 15 is 0 Å². The van der Waals surface area contributed by atoms with Gasteiger partial charge in [0, 0.05) is 23.5 Å². The SMILES string of the molecule is CC(C)CNc1nccc2c(N)c(Cl)ccc12. The highest BCUT2D eigenvalue weighted by Gasteiger charge is 2.07. The number of hydrogen-bond acceptors (Lipinski definition) is 3. The van der Waals surface area contributed by atoms with Crippen LogP contribution in [0.5, 0.6) is 0 Å². The first-order chi connectivity index (χ1) is 8.09. The lowest BCUT2D eigenvalue weighted by molar-refractivity contribution is 0.687. The molecule has 4 heteroatoms. The van der Waals surface area contributed by atoms with E-state index in [2.05, 4.69) is 24.1 Å². The molecule has 0 atom stereocenters. The molecule has 90 valence electrons. The molecule has 0 radical (unpaired) electrons. The third-order valence-corrected chi connectivity index (χ3v) is 2.94. The van der Waals surface area contributed by atoms with Gasteiger partial charge in [0.2, 0.25) is 0 Å². The van der Waals surface area contributed by atoms with Gasteiger partial charge in [-0.05, 0) is 24.1 Å². The number of benzene rings is 1. The van der Waals surface area contributed by atoms with Gasteiger partial charge < -0.3 is 11.1 Å². The molecule has 3 N–H and O–H groups in total. The van der Waals surface area contributed by atoms with E-state index < -0.39 is 0 Å². The second-order valence-corrected chi connectivity index (χ2v) is 4.90. The normalized spacial score (nSPS) is 11.1. The van der Waals surface area contributed by atoms with Crippen molar-refractivity contribution in [2.75, 3.05) is 17.6 Å². The maximum absolute atomic E-state index is 6.00. The molecular formula is C13H16ClN3. The van der Waals surface area contributed by atoms with Gasteiger partial charge in [-0.2, -0.15) is 0 Å². The molecule has 0 saturated heterocycles. The van der Waals surface area contributed by atoms with Crippen molar-refractivity contribution in [1.29, 1.82) is 0 Å². The number of halogens is 1. The Hall–Kier alpha value is -1.48. The number of nitrogen functional groups attached to an aromatic ring is 1. The number of nitrogens with two attached hydrogens (primary N) is 1. The molecular weight excluding hydrogens is 234 g/mol. The molecule has 17 heavy (non-hydrogen) atoms. The Morgan fingerprint density at radius 1 is 1.29 bits per heavy atom. The van der Waals surface area contributed by atoms with Gasteiger partial charge in [-0.25, -0.2) is 4.98 Å². The first-order valence-electron chi connectivity index (χ1n) is 5.66. The summed E-state index contributed by atoms with van der Waals surface area (Å²) in [5.74, 6) is 1.43. The van der Waals surface area contributed by atoms with Crippen LogP contribution in [0.2, 0.25) is 5.02 Å². The van der Waals surface area contributed by atoms with Crippen molar-refractivity contribution < 1.29 is 0 Å². The quantitative estimate of drug-likeness (QED) is 0.818. The zero-order valence-electron chi connectivity index (χ0n) is 10.00. The van der Waals surface area contributed by atoms with E-state index in [1.807, 2.05) is 18.2 Å².